The smallest absolute Gasteiger partial charge is 0.204 e. The summed E-state index contributed by atoms with van der Waals surface area (Å²) in [6, 6.07) is 0. The third-order valence-electron chi connectivity index (χ3n) is 1.61. The lowest BCUT2D eigenvalue weighted by Gasteiger charge is -2.10. The molecule has 1 atom stereocenters. The number of hydrogen-bond donors (Lipinski definition) is 1. The molecule has 0 aromatic heterocycles. The minimum Gasteiger partial charge on any atom is -0.504 e. The fourth-order valence-corrected chi connectivity index (χ4v) is 1.01. The molecule has 11 heavy (non-hydrogen) atoms. The molecule has 0 radical (unpaired) electrons. The summed E-state index contributed by atoms with van der Waals surface area (Å²) in [5.41, 5.74) is 0. The number of ketones is 1. The molecule has 0 spiro atoms. The molecule has 0 bridgehead atoms. The van der Waals surface area contributed by atoms with E-state index in [1.807, 2.05) is 0 Å². The molecule has 2 heteroatoms. The van der Waals surface area contributed by atoms with Crippen molar-refractivity contribution in [2.24, 2.45) is 5.92 Å². The van der Waals surface area contributed by atoms with Gasteiger partial charge in [0.15, 0.2) is 5.76 Å². The second-order valence-corrected chi connectivity index (χ2v) is 2.43. The molecule has 1 unspecified atom stereocenters. The summed E-state index contributed by atoms with van der Waals surface area (Å²) < 4.78 is 0. The number of aliphatic hydroxyl groups is 1. The average Bonchev–Trinajstić information content (AvgIpc) is 1.99. The highest BCUT2D eigenvalue weighted by Crippen LogP contribution is 2.15. The van der Waals surface area contributed by atoms with Crippen LogP contribution in [-0.2, 0) is 4.79 Å². The lowest BCUT2D eigenvalue weighted by Crippen LogP contribution is -2.16. The van der Waals surface area contributed by atoms with Gasteiger partial charge in [0.1, 0.15) is 0 Å². The molecule has 58 valence electrons. The van der Waals surface area contributed by atoms with Gasteiger partial charge in [0.25, 0.3) is 0 Å². The molecule has 0 aliphatic heterocycles. The number of Topliss-reactive ketones (excluding diaryl/α,β-unsaturated/α-hetero) is 1. The first-order valence-corrected chi connectivity index (χ1v) is 3.48. The summed E-state index contributed by atoms with van der Waals surface area (Å²) in [7, 11) is 0. The molecule has 1 N–H and O–H groups in total. The van der Waals surface area contributed by atoms with Gasteiger partial charge in [-0.15, -0.1) is 6.58 Å². The number of carbonyl (C=O) groups excluding carboxylic acids is 1. The van der Waals surface area contributed by atoms with Gasteiger partial charge in [-0.1, -0.05) is 18.2 Å². The van der Waals surface area contributed by atoms with Gasteiger partial charge in [0.2, 0.25) is 5.78 Å². The molecule has 1 aliphatic rings. The SMILES string of the molecule is C=CCC1C=CC=C(O)C1=O. The van der Waals surface area contributed by atoms with Crippen LogP contribution in [0.15, 0.2) is 36.6 Å². The highest BCUT2D eigenvalue weighted by molar-refractivity contribution is 5.97. The molecule has 0 saturated heterocycles. The second kappa shape index (κ2) is 3.19. The van der Waals surface area contributed by atoms with E-state index in [1.54, 1.807) is 18.2 Å². The van der Waals surface area contributed by atoms with Crippen molar-refractivity contribution in [1.82, 2.24) is 0 Å². The predicted molar refractivity (Wildman–Crippen MR) is 43.2 cm³/mol. The van der Waals surface area contributed by atoms with Crippen molar-refractivity contribution < 1.29 is 9.90 Å². The Balaban J connectivity index is 2.73. The molecule has 1 aliphatic carbocycles. The molecule has 0 heterocycles. The van der Waals surface area contributed by atoms with Gasteiger partial charge in [-0.2, -0.15) is 0 Å². The van der Waals surface area contributed by atoms with E-state index in [1.165, 1.54) is 6.08 Å². The third kappa shape index (κ3) is 1.58. The number of allylic oxidation sites excluding steroid dienone is 5. The molecule has 0 fully saturated rings. The van der Waals surface area contributed by atoms with Crippen molar-refractivity contribution in [2.75, 3.05) is 0 Å². The Bertz CT molecular complexity index is 236. The van der Waals surface area contributed by atoms with E-state index in [-0.39, 0.29) is 17.5 Å². The van der Waals surface area contributed by atoms with Crippen molar-refractivity contribution in [3.05, 3.63) is 36.6 Å². The highest BCUT2D eigenvalue weighted by Gasteiger charge is 2.19. The summed E-state index contributed by atoms with van der Waals surface area (Å²) in [5, 5.41) is 9.00. The van der Waals surface area contributed by atoms with E-state index in [0.29, 0.717) is 6.42 Å². The zero-order chi connectivity index (χ0) is 8.27. The van der Waals surface area contributed by atoms with Gasteiger partial charge < -0.3 is 5.11 Å². The number of carbonyl (C=O) groups is 1. The van der Waals surface area contributed by atoms with E-state index in [4.69, 9.17) is 5.11 Å². The van der Waals surface area contributed by atoms with E-state index >= 15 is 0 Å². The van der Waals surface area contributed by atoms with Crippen LogP contribution in [0.1, 0.15) is 6.42 Å². The molecular weight excluding hydrogens is 140 g/mol. The number of hydrogen-bond acceptors (Lipinski definition) is 2. The Morgan fingerprint density at radius 2 is 2.45 bits per heavy atom. The van der Waals surface area contributed by atoms with Gasteiger partial charge in [0.05, 0.1) is 0 Å². The van der Waals surface area contributed by atoms with Crippen LogP contribution in [0.4, 0.5) is 0 Å². The lowest BCUT2D eigenvalue weighted by atomic mass is 9.95. The van der Waals surface area contributed by atoms with Gasteiger partial charge in [-0.05, 0) is 12.5 Å². The Labute approximate surface area is 65.5 Å². The predicted octanol–water partition coefficient (Wildman–Crippen LogP) is 1.76. The molecule has 1 rings (SSSR count). The number of aliphatic hydroxyl groups excluding tert-OH is 1. The van der Waals surface area contributed by atoms with E-state index in [0.717, 1.165) is 0 Å². The largest absolute Gasteiger partial charge is 0.504 e. The summed E-state index contributed by atoms with van der Waals surface area (Å²) in [6.45, 7) is 3.53. The summed E-state index contributed by atoms with van der Waals surface area (Å²) in [6.07, 6.45) is 7.12. The summed E-state index contributed by atoms with van der Waals surface area (Å²) in [5.74, 6) is -0.579. The first kappa shape index (κ1) is 7.79. The summed E-state index contributed by atoms with van der Waals surface area (Å²) in [4.78, 5) is 11.1. The maximum Gasteiger partial charge on any atom is 0.204 e. The lowest BCUT2D eigenvalue weighted by molar-refractivity contribution is -0.120. The van der Waals surface area contributed by atoms with Gasteiger partial charge in [-0.3, -0.25) is 4.79 Å². The van der Waals surface area contributed by atoms with Gasteiger partial charge in [0, 0.05) is 5.92 Å². The minimum atomic E-state index is -0.215. The number of rotatable bonds is 2. The fraction of sp³-hybridized carbons (Fsp3) is 0.222. The average molecular weight is 150 g/mol. The minimum absolute atomic E-state index is 0.153. The molecule has 0 aromatic carbocycles. The maximum absolute atomic E-state index is 11.1. The van der Waals surface area contributed by atoms with E-state index in [2.05, 4.69) is 6.58 Å². The standard InChI is InChI=1S/C9H10O2/c1-2-4-7-5-3-6-8(10)9(7)11/h2-3,5-7,10H,1,4H2. The quantitative estimate of drug-likeness (QED) is 0.609. The summed E-state index contributed by atoms with van der Waals surface area (Å²) >= 11 is 0. The van der Waals surface area contributed by atoms with Crippen LogP contribution in [0.5, 0.6) is 0 Å². The molecule has 0 aromatic rings. The zero-order valence-corrected chi connectivity index (χ0v) is 6.16. The van der Waals surface area contributed by atoms with Crippen molar-refractivity contribution in [1.29, 1.82) is 0 Å². The van der Waals surface area contributed by atoms with Crippen LogP contribution in [0.2, 0.25) is 0 Å². The monoisotopic (exact) mass is 150 g/mol. The first-order chi connectivity index (χ1) is 5.25. The van der Waals surface area contributed by atoms with Crippen molar-refractivity contribution in [2.45, 2.75) is 6.42 Å². The van der Waals surface area contributed by atoms with Crippen LogP contribution in [0.3, 0.4) is 0 Å². The molecule has 0 amide bonds. The van der Waals surface area contributed by atoms with Crippen LogP contribution >= 0.6 is 0 Å². The van der Waals surface area contributed by atoms with Gasteiger partial charge >= 0.3 is 0 Å². The Morgan fingerprint density at radius 3 is 3.09 bits per heavy atom. The Hall–Kier alpha value is -1.31. The normalized spacial score (nSPS) is 23.1. The second-order valence-electron chi connectivity index (χ2n) is 2.43. The van der Waals surface area contributed by atoms with Crippen LogP contribution in [-0.4, -0.2) is 10.9 Å². The molecule has 0 saturated carbocycles. The Kier molecular flexibility index (Phi) is 2.26. The zero-order valence-electron chi connectivity index (χ0n) is 6.16. The van der Waals surface area contributed by atoms with E-state index < -0.39 is 0 Å². The molecular formula is C9H10O2. The van der Waals surface area contributed by atoms with Crippen molar-refractivity contribution >= 4 is 5.78 Å². The van der Waals surface area contributed by atoms with E-state index in [9.17, 15) is 4.79 Å². The van der Waals surface area contributed by atoms with Crippen molar-refractivity contribution in [3.63, 3.8) is 0 Å². The first-order valence-electron chi connectivity index (χ1n) is 3.48. The van der Waals surface area contributed by atoms with Gasteiger partial charge in [-0.25, -0.2) is 0 Å². The van der Waals surface area contributed by atoms with Crippen LogP contribution in [0.25, 0.3) is 0 Å². The third-order valence-corrected chi connectivity index (χ3v) is 1.61. The maximum atomic E-state index is 11.1. The van der Waals surface area contributed by atoms with Crippen molar-refractivity contribution in [3.8, 4) is 0 Å². The highest BCUT2D eigenvalue weighted by atomic mass is 16.3. The fourth-order valence-electron chi connectivity index (χ4n) is 1.01. The molecule has 2 nitrogen and oxygen atoms in total. The Morgan fingerprint density at radius 1 is 1.73 bits per heavy atom. The van der Waals surface area contributed by atoms with Crippen LogP contribution in [0, 0.1) is 5.92 Å². The topological polar surface area (TPSA) is 37.3 Å². The van der Waals surface area contributed by atoms with Crippen LogP contribution < -0.4 is 0 Å².